The molecule has 0 atom stereocenters. The number of rotatable bonds is 6. The number of aryl methyl sites for hydroxylation is 1. The lowest BCUT2D eigenvalue weighted by Crippen LogP contribution is -2.40. The van der Waals surface area contributed by atoms with Crippen molar-refractivity contribution in [3.05, 3.63) is 40.7 Å². The minimum Gasteiger partial charge on any atom is -0.454 e. The van der Waals surface area contributed by atoms with E-state index in [4.69, 9.17) is 9.47 Å². The van der Waals surface area contributed by atoms with Crippen molar-refractivity contribution >= 4 is 23.2 Å². The third-order valence-electron chi connectivity index (χ3n) is 6.03. The third kappa shape index (κ3) is 4.34. The molecule has 1 amide bonds. The van der Waals surface area contributed by atoms with Gasteiger partial charge < -0.3 is 19.8 Å². The molecule has 0 aliphatic carbocycles. The molecule has 8 nitrogen and oxygen atoms in total. The SMILES string of the molecule is CC(=O)c1c(C)[nH]c(C(=O)CN2CCC(C(=O)Nc3ccc4c(c3)OCO4)CC2)c1C. The Hall–Kier alpha value is -3.13. The van der Waals surface area contributed by atoms with Crippen LogP contribution in [0.25, 0.3) is 0 Å². The molecule has 1 aromatic carbocycles. The monoisotopic (exact) mass is 425 g/mol. The number of hydrogen-bond acceptors (Lipinski definition) is 6. The molecule has 1 fully saturated rings. The van der Waals surface area contributed by atoms with E-state index in [1.54, 1.807) is 25.1 Å². The number of nitrogens with one attached hydrogen (secondary N) is 2. The average Bonchev–Trinajstić information content (AvgIpc) is 3.31. The van der Waals surface area contributed by atoms with Crippen molar-refractivity contribution in [2.75, 3.05) is 31.7 Å². The molecule has 2 aromatic rings. The molecule has 2 aliphatic heterocycles. The van der Waals surface area contributed by atoms with E-state index in [0.717, 1.165) is 5.69 Å². The first kappa shape index (κ1) is 21.1. The molecule has 4 rings (SSSR count). The Morgan fingerprint density at radius 1 is 1.13 bits per heavy atom. The Balaban J connectivity index is 1.30. The summed E-state index contributed by atoms with van der Waals surface area (Å²) in [5.74, 6) is 1.12. The van der Waals surface area contributed by atoms with Gasteiger partial charge in [-0.05, 0) is 64.4 Å². The van der Waals surface area contributed by atoms with Gasteiger partial charge in [0.25, 0.3) is 0 Å². The second-order valence-electron chi connectivity index (χ2n) is 8.21. The highest BCUT2D eigenvalue weighted by molar-refractivity contribution is 6.04. The predicted octanol–water partition coefficient (Wildman–Crippen LogP) is 3.10. The van der Waals surface area contributed by atoms with Crippen molar-refractivity contribution in [1.29, 1.82) is 0 Å². The van der Waals surface area contributed by atoms with Crippen molar-refractivity contribution in [1.82, 2.24) is 9.88 Å². The van der Waals surface area contributed by atoms with Crippen molar-refractivity contribution in [3.63, 3.8) is 0 Å². The van der Waals surface area contributed by atoms with Gasteiger partial charge in [-0.2, -0.15) is 0 Å². The summed E-state index contributed by atoms with van der Waals surface area (Å²) < 4.78 is 10.6. The van der Waals surface area contributed by atoms with Gasteiger partial charge in [-0.3, -0.25) is 19.3 Å². The molecule has 2 aliphatic rings. The van der Waals surface area contributed by atoms with Gasteiger partial charge in [0, 0.05) is 28.9 Å². The summed E-state index contributed by atoms with van der Waals surface area (Å²) in [6.07, 6.45) is 1.37. The summed E-state index contributed by atoms with van der Waals surface area (Å²) in [6, 6.07) is 5.35. The molecular formula is C23H27N3O5. The number of fused-ring (bicyclic) bond motifs is 1. The van der Waals surface area contributed by atoms with Gasteiger partial charge >= 0.3 is 0 Å². The summed E-state index contributed by atoms with van der Waals surface area (Å²) in [7, 11) is 0. The number of anilines is 1. The van der Waals surface area contributed by atoms with Crippen LogP contribution in [-0.2, 0) is 4.79 Å². The van der Waals surface area contributed by atoms with E-state index >= 15 is 0 Å². The molecule has 8 heteroatoms. The summed E-state index contributed by atoms with van der Waals surface area (Å²) in [5, 5.41) is 2.95. The van der Waals surface area contributed by atoms with Gasteiger partial charge in [-0.25, -0.2) is 0 Å². The summed E-state index contributed by atoms with van der Waals surface area (Å²) in [5.41, 5.74) is 3.23. The number of hydrogen-bond donors (Lipinski definition) is 2. The van der Waals surface area contributed by atoms with Gasteiger partial charge in [-0.15, -0.1) is 0 Å². The van der Waals surface area contributed by atoms with Crippen LogP contribution in [0.5, 0.6) is 11.5 Å². The molecule has 164 valence electrons. The van der Waals surface area contributed by atoms with Crippen LogP contribution in [0.4, 0.5) is 5.69 Å². The van der Waals surface area contributed by atoms with E-state index in [-0.39, 0.29) is 36.7 Å². The normalized spacial score (nSPS) is 16.4. The zero-order valence-corrected chi connectivity index (χ0v) is 18.0. The summed E-state index contributed by atoms with van der Waals surface area (Å²) in [6.45, 7) is 6.94. The summed E-state index contributed by atoms with van der Waals surface area (Å²) in [4.78, 5) is 42.4. The highest BCUT2D eigenvalue weighted by atomic mass is 16.7. The van der Waals surface area contributed by atoms with Gasteiger partial charge in [0.05, 0.1) is 12.2 Å². The van der Waals surface area contributed by atoms with Crippen LogP contribution in [0.1, 0.15) is 51.9 Å². The maximum Gasteiger partial charge on any atom is 0.231 e. The molecule has 0 saturated carbocycles. The van der Waals surface area contributed by atoms with E-state index in [9.17, 15) is 14.4 Å². The molecule has 1 saturated heterocycles. The molecule has 31 heavy (non-hydrogen) atoms. The Morgan fingerprint density at radius 3 is 2.52 bits per heavy atom. The highest BCUT2D eigenvalue weighted by Gasteiger charge is 2.28. The number of aromatic amines is 1. The smallest absolute Gasteiger partial charge is 0.231 e. The third-order valence-corrected chi connectivity index (χ3v) is 6.03. The number of nitrogens with zero attached hydrogens (tertiary/aromatic N) is 1. The molecule has 1 aromatic heterocycles. The predicted molar refractivity (Wildman–Crippen MR) is 115 cm³/mol. The Bertz CT molecular complexity index is 1030. The van der Waals surface area contributed by atoms with Crippen LogP contribution in [0.2, 0.25) is 0 Å². The van der Waals surface area contributed by atoms with E-state index in [1.807, 2.05) is 6.92 Å². The van der Waals surface area contributed by atoms with Crippen LogP contribution in [0, 0.1) is 19.8 Å². The fourth-order valence-electron chi connectivity index (χ4n) is 4.41. The van der Waals surface area contributed by atoms with Gasteiger partial charge in [0.1, 0.15) is 0 Å². The van der Waals surface area contributed by atoms with E-state index in [0.29, 0.717) is 59.9 Å². The molecule has 3 heterocycles. The van der Waals surface area contributed by atoms with Gasteiger partial charge in [0.2, 0.25) is 12.7 Å². The fourth-order valence-corrected chi connectivity index (χ4v) is 4.41. The second kappa shape index (κ2) is 8.55. The number of piperidine rings is 1. The second-order valence-corrected chi connectivity index (χ2v) is 8.21. The van der Waals surface area contributed by atoms with Crippen molar-refractivity contribution in [2.45, 2.75) is 33.6 Å². The number of aromatic nitrogens is 1. The van der Waals surface area contributed by atoms with E-state index < -0.39 is 0 Å². The lowest BCUT2D eigenvalue weighted by Gasteiger charge is -2.30. The standard InChI is InChI=1S/C23H27N3O5/c1-13-21(15(3)27)14(2)24-22(13)18(28)11-26-8-6-16(7-9-26)23(29)25-17-4-5-19-20(10-17)31-12-30-19/h4-5,10,16,24H,6-9,11-12H2,1-3H3,(H,25,29). The quantitative estimate of drug-likeness (QED) is 0.690. The van der Waals surface area contributed by atoms with E-state index in [1.165, 1.54) is 6.92 Å². The average molecular weight is 425 g/mol. The van der Waals surface area contributed by atoms with Crippen LogP contribution in [0.3, 0.4) is 0 Å². The summed E-state index contributed by atoms with van der Waals surface area (Å²) >= 11 is 0. The van der Waals surface area contributed by atoms with Crippen LogP contribution >= 0.6 is 0 Å². The van der Waals surface area contributed by atoms with Crippen molar-refractivity contribution < 1.29 is 23.9 Å². The highest BCUT2D eigenvalue weighted by Crippen LogP contribution is 2.34. The lowest BCUT2D eigenvalue weighted by molar-refractivity contribution is -0.121. The van der Waals surface area contributed by atoms with Crippen molar-refractivity contribution in [2.24, 2.45) is 5.92 Å². The number of carbonyl (C=O) groups is 3. The lowest BCUT2D eigenvalue weighted by atomic mass is 9.95. The largest absolute Gasteiger partial charge is 0.454 e. The van der Waals surface area contributed by atoms with Gasteiger partial charge in [-0.1, -0.05) is 0 Å². The minimum absolute atomic E-state index is 0.0215. The Labute approximate surface area is 180 Å². The maximum absolute atomic E-state index is 12.8. The molecular weight excluding hydrogens is 398 g/mol. The number of ketones is 2. The molecule has 0 radical (unpaired) electrons. The number of H-pyrrole nitrogens is 1. The molecule has 0 spiro atoms. The van der Waals surface area contributed by atoms with Crippen LogP contribution < -0.4 is 14.8 Å². The number of ether oxygens (including phenoxy) is 2. The van der Waals surface area contributed by atoms with Gasteiger partial charge in [0.15, 0.2) is 23.1 Å². The number of Topliss-reactive ketones (excluding diaryl/α,β-unsaturated/α-hetero) is 2. The van der Waals surface area contributed by atoms with Crippen molar-refractivity contribution in [3.8, 4) is 11.5 Å². The number of carbonyl (C=O) groups excluding carboxylic acids is 3. The van der Waals surface area contributed by atoms with Crippen LogP contribution in [-0.4, -0.2) is 53.8 Å². The minimum atomic E-state index is -0.101. The van der Waals surface area contributed by atoms with E-state index in [2.05, 4.69) is 15.2 Å². The maximum atomic E-state index is 12.8. The molecule has 0 bridgehead atoms. The Morgan fingerprint density at radius 2 is 1.84 bits per heavy atom. The first-order chi connectivity index (χ1) is 14.8. The molecule has 0 unspecified atom stereocenters. The zero-order valence-electron chi connectivity index (χ0n) is 18.0. The number of benzene rings is 1. The topological polar surface area (TPSA) is 101 Å². The molecule has 2 N–H and O–H groups in total. The fraction of sp³-hybridized carbons (Fsp3) is 0.435. The number of amides is 1. The van der Waals surface area contributed by atoms with Crippen LogP contribution in [0.15, 0.2) is 18.2 Å². The first-order valence-corrected chi connectivity index (χ1v) is 10.5. The first-order valence-electron chi connectivity index (χ1n) is 10.5. The zero-order chi connectivity index (χ0) is 22.1. The number of likely N-dealkylation sites (tertiary alicyclic amines) is 1. The Kier molecular flexibility index (Phi) is 5.82.